The first kappa shape index (κ1) is 17.3. The maximum Gasteiger partial charge on any atom is 0.227 e. The van der Waals surface area contributed by atoms with E-state index in [0.717, 1.165) is 15.9 Å². The molecule has 0 saturated heterocycles. The molecule has 3 aromatic rings. The van der Waals surface area contributed by atoms with Crippen molar-refractivity contribution in [2.45, 2.75) is 39.7 Å². The van der Waals surface area contributed by atoms with Crippen molar-refractivity contribution in [3.05, 3.63) is 41.0 Å². The number of hydrogen-bond donors (Lipinski definition) is 1. The van der Waals surface area contributed by atoms with Crippen molar-refractivity contribution < 1.29 is 9.59 Å². The minimum Gasteiger partial charge on any atom is -0.346 e. The number of Topliss-reactive ketones (excluding diaryl/α,β-unsaturated/α-hetero) is 1. The van der Waals surface area contributed by atoms with Crippen molar-refractivity contribution in [3.8, 4) is 0 Å². The third kappa shape index (κ3) is 3.76. The average molecular weight is 356 g/mol. The number of nitrogens with zero attached hydrogens (tertiary/aromatic N) is 3. The normalized spacial score (nSPS) is 11.2. The molecular weight excluding hydrogens is 336 g/mol. The number of anilines is 1. The second-order valence-electron chi connectivity index (χ2n) is 6.21. The van der Waals surface area contributed by atoms with Crippen LogP contribution in [0.1, 0.15) is 48.5 Å². The first-order chi connectivity index (χ1) is 12.0. The molecule has 25 heavy (non-hydrogen) atoms. The molecule has 7 heteroatoms. The Morgan fingerprint density at radius 3 is 2.68 bits per heavy atom. The van der Waals surface area contributed by atoms with Gasteiger partial charge in [0.1, 0.15) is 5.01 Å². The number of ketones is 1. The number of nitrogens with one attached hydrogen (secondary N) is 1. The number of hydrogen-bond acceptors (Lipinski definition) is 5. The van der Waals surface area contributed by atoms with Crippen molar-refractivity contribution in [1.29, 1.82) is 0 Å². The fourth-order valence-corrected chi connectivity index (χ4v) is 3.40. The molecule has 0 spiro atoms. The summed E-state index contributed by atoms with van der Waals surface area (Å²) in [5.74, 6) is 0.197. The van der Waals surface area contributed by atoms with E-state index in [-0.39, 0.29) is 11.7 Å². The Bertz CT molecular complexity index is 926. The van der Waals surface area contributed by atoms with E-state index in [4.69, 9.17) is 0 Å². The lowest BCUT2D eigenvalue weighted by Crippen LogP contribution is -2.14. The molecule has 1 N–H and O–H groups in total. The van der Waals surface area contributed by atoms with Crippen LogP contribution in [0.15, 0.2) is 30.5 Å². The highest BCUT2D eigenvalue weighted by atomic mass is 32.1. The molecule has 130 valence electrons. The molecule has 0 bridgehead atoms. The summed E-state index contributed by atoms with van der Waals surface area (Å²) in [7, 11) is 0. The number of carbonyl (C=O) groups excluding carboxylic acids is 2. The fourth-order valence-electron chi connectivity index (χ4n) is 2.63. The molecule has 2 heterocycles. The highest BCUT2D eigenvalue weighted by molar-refractivity contribution is 7.15. The lowest BCUT2D eigenvalue weighted by atomic mass is 10.1. The molecule has 1 amide bonds. The van der Waals surface area contributed by atoms with Crippen LogP contribution in [0.25, 0.3) is 10.9 Å². The molecule has 0 aliphatic carbocycles. The van der Waals surface area contributed by atoms with E-state index in [1.165, 1.54) is 11.3 Å². The van der Waals surface area contributed by atoms with Crippen LogP contribution >= 0.6 is 11.3 Å². The first-order valence-corrected chi connectivity index (χ1v) is 8.99. The van der Waals surface area contributed by atoms with E-state index < -0.39 is 0 Å². The zero-order chi connectivity index (χ0) is 18.0. The third-order valence-electron chi connectivity index (χ3n) is 3.93. The van der Waals surface area contributed by atoms with Gasteiger partial charge in [-0.3, -0.25) is 9.59 Å². The van der Waals surface area contributed by atoms with Crippen LogP contribution in [0, 0.1) is 0 Å². The van der Waals surface area contributed by atoms with E-state index in [9.17, 15) is 9.59 Å². The summed E-state index contributed by atoms with van der Waals surface area (Å²) in [5.41, 5.74) is 1.64. The van der Waals surface area contributed by atoms with Crippen molar-refractivity contribution in [2.75, 3.05) is 5.32 Å². The Morgan fingerprint density at radius 2 is 2.00 bits per heavy atom. The minimum atomic E-state index is -0.117. The van der Waals surface area contributed by atoms with Gasteiger partial charge in [0.25, 0.3) is 0 Å². The standard InChI is InChI=1S/C18H20N4O2S/c1-11(2)17-20-21-18(25-17)19-16(24)8-9-22-10-14(12(3)23)13-6-4-5-7-15(13)22/h4-7,10-11H,8-9H2,1-3H3,(H,19,21,24). The summed E-state index contributed by atoms with van der Waals surface area (Å²) >= 11 is 1.40. The first-order valence-electron chi connectivity index (χ1n) is 8.17. The predicted molar refractivity (Wildman–Crippen MR) is 99.2 cm³/mol. The molecule has 6 nitrogen and oxygen atoms in total. The second-order valence-corrected chi connectivity index (χ2v) is 7.22. The van der Waals surface area contributed by atoms with Gasteiger partial charge in [-0.15, -0.1) is 10.2 Å². The molecule has 3 rings (SSSR count). The Kier molecular flexibility index (Phi) is 4.94. The Morgan fingerprint density at radius 1 is 1.24 bits per heavy atom. The summed E-state index contributed by atoms with van der Waals surface area (Å²) < 4.78 is 1.95. The third-order valence-corrected chi connectivity index (χ3v) is 5.07. The number of aryl methyl sites for hydroxylation is 1. The number of carbonyl (C=O) groups is 2. The average Bonchev–Trinajstić information content (AvgIpc) is 3.18. The number of rotatable bonds is 6. The van der Waals surface area contributed by atoms with Crippen molar-refractivity contribution in [3.63, 3.8) is 0 Å². The van der Waals surface area contributed by atoms with Gasteiger partial charge in [0.05, 0.1) is 0 Å². The molecule has 0 atom stereocenters. The van der Waals surface area contributed by atoms with Gasteiger partial charge in [-0.2, -0.15) is 0 Å². The molecule has 2 aromatic heterocycles. The lowest BCUT2D eigenvalue weighted by molar-refractivity contribution is -0.116. The SMILES string of the molecule is CC(=O)c1cn(CCC(=O)Nc2nnc(C(C)C)s2)c2ccccc12. The van der Waals surface area contributed by atoms with Crippen LogP contribution in [0.2, 0.25) is 0 Å². The molecule has 0 fully saturated rings. The summed E-state index contributed by atoms with van der Waals surface area (Å²) in [6.45, 7) is 6.13. The van der Waals surface area contributed by atoms with Gasteiger partial charge in [-0.25, -0.2) is 0 Å². The van der Waals surface area contributed by atoms with Gasteiger partial charge < -0.3 is 9.88 Å². The number of amides is 1. The summed E-state index contributed by atoms with van der Waals surface area (Å²) in [5, 5.41) is 13.2. The van der Waals surface area contributed by atoms with Gasteiger partial charge in [0, 0.05) is 41.5 Å². The zero-order valence-corrected chi connectivity index (χ0v) is 15.3. The Labute approximate surface area is 149 Å². The maximum atomic E-state index is 12.2. The molecular formula is C18H20N4O2S. The number of benzene rings is 1. The topological polar surface area (TPSA) is 76.9 Å². The summed E-state index contributed by atoms with van der Waals surface area (Å²) in [4.78, 5) is 24.0. The molecule has 0 aliphatic heterocycles. The van der Waals surface area contributed by atoms with Gasteiger partial charge >= 0.3 is 0 Å². The van der Waals surface area contributed by atoms with Crippen LogP contribution in [0.4, 0.5) is 5.13 Å². The molecule has 1 aromatic carbocycles. The fraction of sp³-hybridized carbons (Fsp3) is 0.333. The molecule has 0 unspecified atom stereocenters. The van der Waals surface area contributed by atoms with Crippen LogP contribution in [0.3, 0.4) is 0 Å². The monoisotopic (exact) mass is 356 g/mol. The van der Waals surface area contributed by atoms with Crippen LogP contribution in [-0.4, -0.2) is 26.5 Å². The molecule has 0 radical (unpaired) electrons. The molecule has 0 aliphatic rings. The Hall–Kier alpha value is -2.54. The van der Waals surface area contributed by atoms with Crippen LogP contribution in [0.5, 0.6) is 0 Å². The highest BCUT2D eigenvalue weighted by Crippen LogP contribution is 2.24. The van der Waals surface area contributed by atoms with Crippen molar-refractivity contribution in [2.24, 2.45) is 0 Å². The van der Waals surface area contributed by atoms with Crippen LogP contribution in [-0.2, 0) is 11.3 Å². The number of para-hydroxylation sites is 1. The number of fused-ring (bicyclic) bond motifs is 1. The molecule has 0 saturated carbocycles. The highest BCUT2D eigenvalue weighted by Gasteiger charge is 2.14. The van der Waals surface area contributed by atoms with Crippen molar-refractivity contribution >= 4 is 39.1 Å². The van der Waals surface area contributed by atoms with Crippen molar-refractivity contribution in [1.82, 2.24) is 14.8 Å². The predicted octanol–water partition coefficient (Wildman–Crippen LogP) is 3.85. The van der Waals surface area contributed by atoms with Gasteiger partial charge in [-0.05, 0) is 13.0 Å². The van der Waals surface area contributed by atoms with E-state index >= 15 is 0 Å². The van der Waals surface area contributed by atoms with Gasteiger partial charge in [0.2, 0.25) is 11.0 Å². The van der Waals surface area contributed by atoms with Crippen LogP contribution < -0.4 is 5.32 Å². The minimum absolute atomic E-state index is 0.0227. The van der Waals surface area contributed by atoms with E-state index in [0.29, 0.717) is 29.6 Å². The van der Waals surface area contributed by atoms with Gasteiger partial charge in [0.15, 0.2) is 5.78 Å². The van der Waals surface area contributed by atoms with Gasteiger partial charge in [-0.1, -0.05) is 43.4 Å². The Balaban J connectivity index is 1.69. The van der Waals surface area contributed by atoms with E-state index in [2.05, 4.69) is 15.5 Å². The van der Waals surface area contributed by atoms with E-state index in [1.54, 1.807) is 6.92 Å². The number of aromatic nitrogens is 3. The smallest absolute Gasteiger partial charge is 0.227 e. The lowest BCUT2D eigenvalue weighted by Gasteiger charge is -2.05. The summed E-state index contributed by atoms with van der Waals surface area (Å²) in [6, 6.07) is 7.72. The zero-order valence-electron chi connectivity index (χ0n) is 14.4. The maximum absolute atomic E-state index is 12.2. The van der Waals surface area contributed by atoms with E-state index in [1.807, 2.05) is 48.9 Å². The largest absolute Gasteiger partial charge is 0.346 e. The summed E-state index contributed by atoms with van der Waals surface area (Å²) in [6.07, 6.45) is 2.12. The second kappa shape index (κ2) is 7.14. The quantitative estimate of drug-likeness (QED) is 0.681.